The molecule has 14 heavy (non-hydrogen) atoms. The van der Waals surface area contributed by atoms with E-state index in [0.29, 0.717) is 19.4 Å². The first kappa shape index (κ1) is 13.5. The normalized spacial score (nSPS) is 12.6. The maximum atomic E-state index is 9.92. The van der Waals surface area contributed by atoms with Gasteiger partial charge in [-0.1, -0.05) is 0 Å². The number of rotatable bonds is 6. The van der Waals surface area contributed by atoms with E-state index in [2.05, 4.69) is 0 Å². The van der Waals surface area contributed by atoms with Gasteiger partial charge in [-0.25, -0.2) is 0 Å². The summed E-state index contributed by atoms with van der Waals surface area (Å²) in [7, 11) is -2.77. The molecule has 0 radical (unpaired) electrons. The fraction of sp³-hybridized carbons (Fsp3) is 0.667. The van der Waals surface area contributed by atoms with E-state index in [1.807, 2.05) is 6.07 Å². The molecule has 0 aromatic heterocycles. The third kappa shape index (κ3) is 5.31. The van der Waals surface area contributed by atoms with Crippen LogP contribution in [0.1, 0.15) is 20.8 Å². The highest BCUT2D eigenvalue weighted by molar-refractivity contribution is 7.60. The Morgan fingerprint density at radius 2 is 1.93 bits per heavy atom. The molecule has 0 saturated carbocycles. The monoisotopic (exact) mass is 218 g/mol. The molecular formula is C9H17NO3P+. The van der Waals surface area contributed by atoms with Gasteiger partial charge < -0.3 is 0 Å². The van der Waals surface area contributed by atoms with E-state index in [9.17, 15) is 4.89 Å². The summed E-state index contributed by atoms with van der Waals surface area (Å²) in [5, 5.41) is 8.42. The van der Waals surface area contributed by atoms with Crippen molar-refractivity contribution >= 4 is 7.94 Å². The molecule has 0 atom stereocenters. The van der Waals surface area contributed by atoms with Gasteiger partial charge in [0.25, 0.3) is 0 Å². The lowest BCUT2D eigenvalue weighted by Gasteiger charge is -2.15. The highest BCUT2D eigenvalue weighted by Gasteiger charge is 2.39. The van der Waals surface area contributed by atoms with Gasteiger partial charge in [0.1, 0.15) is 0 Å². The first-order chi connectivity index (χ1) is 6.58. The van der Waals surface area contributed by atoms with Crippen molar-refractivity contribution in [3.05, 3.63) is 11.6 Å². The van der Waals surface area contributed by atoms with Gasteiger partial charge in [0.2, 0.25) is 0 Å². The van der Waals surface area contributed by atoms with Crippen molar-refractivity contribution in [2.75, 3.05) is 19.4 Å². The molecule has 0 bridgehead atoms. The molecule has 0 spiro atoms. The third-order valence-electron chi connectivity index (χ3n) is 1.42. The molecule has 5 heteroatoms. The largest absolute Gasteiger partial charge is 0.413 e. The van der Waals surface area contributed by atoms with Gasteiger partial charge in [0, 0.05) is 6.08 Å². The maximum absolute atomic E-state index is 9.92. The van der Waals surface area contributed by atoms with Gasteiger partial charge in [0.05, 0.1) is 19.3 Å². The van der Waals surface area contributed by atoms with Gasteiger partial charge in [-0.2, -0.15) is 19.2 Å². The predicted octanol–water partition coefficient (Wildman–Crippen LogP) is 2.28. The quantitative estimate of drug-likeness (QED) is 0.548. The number of allylic oxidation sites excluding steroid dienone is 2. The standard InChI is InChI=1S/C9H17NO3P/c1-4-12-14(11,13-5-2)8-9(3)6-7-10/h6,11H,4-5,8H2,1-3H3/q+1/b9-6+. The van der Waals surface area contributed by atoms with E-state index < -0.39 is 7.94 Å². The second-order valence-electron chi connectivity index (χ2n) is 2.75. The Hall–Kier alpha value is -0.460. The van der Waals surface area contributed by atoms with Gasteiger partial charge in [0.15, 0.2) is 6.16 Å². The van der Waals surface area contributed by atoms with E-state index in [1.165, 1.54) is 6.08 Å². The van der Waals surface area contributed by atoms with Crippen molar-refractivity contribution in [2.45, 2.75) is 20.8 Å². The van der Waals surface area contributed by atoms with Gasteiger partial charge >= 0.3 is 7.94 Å². The molecule has 4 nitrogen and oxygen atoms in total. The van der Waals surface area contributed by atoms with Crippen LogP contribution >= 0.6 is 7.94 Å². The molecule has 0 amide bonds. The second kappa shape index (κ2) is 6.92. The molecule has 0 aliphatic heterocycles. The molecule has 0 aromatic rings. The first-order valence-corrected chi connectivity index (χ1v) is 6.29. The third-order valence-corrected chi connectivity index (χ3v) is 3.64. The highest BCUT2D eigenvalue weighted by Crippen LogP contribution is 2.57. The lowest BCUT2D eigenvalue weighted by Crippen LogP contribution is -2.07. The molecular weight excluding hydrogens is 201 g/mol. The minimum Gasteiger partial charge on any atom is -0.193 e. The first-order valence-electron chi connectivity index (χ1n) is 4.53. The van der Waals surface area contributed by atoms with Crippen LogP contribution in [0.15, 0.2) is 11.6 Å². The van der Waals surface area contributed by atoms with Crippen molar-refractivity contribution in [2.24, 2.45) is 0 Å². The molecule has 0 aliphatic rings. The lowest BCUT2D eigenvalue weighted by atomic mass is 10.3. The maximum Gasteiger partial charge on any atom is 0.413 e. The van der Waals surface area contributed by atoms with E-state index >= 15 is 0 Å². The van der Waals surface area contributed by atoms with Crippen LogP contribution in [0.5, 0.6) is 0 Å². The molecule has 0 rings (SSSR count). The Balaban J connectivity index is 4.36. The zero-order valence-corrected chi connectivity index (χ0v) is 9.75. The zero-order valence-electron chi connectivity index (χ0n) is 8.86. The van der Waals surface area contributed by atoms with Crippen LogP contribution in [0.4, 0.5) is 0 Å². The Morgan fingerprint density at radius 1 is 1.43 bits per heavy atom. The molecule has 0 saturated heterocycles. The summed E-state index contributed by atoms with van der Waals surface area (Å²) in [6.07, 6.45) is 1.69. The molecule has 0 aliphatic carbocycles. The van der Waals surface area contributed by atoms with Gasteiger partial charge in [-0.05, 0) is 26.3 Å². The lowest BCUT2D eigenvalue weighted by molar-refractivity contribution is 0.191. The minimum atomic E-state index is -2.77. The van der Waals surface area contributed by atoms with Crippen LogP contribution < -0.4 is 0 Å². The Bertz CT molecular complexity index is 229. The average Bonchev–Trinajstić information content (AvgIpc) is 2.04. The van der Waals surface area contributed by atoms with Crippen molar-refractivity contribution < 1.29 is 13.9 Å². The van der Waals surface area contributed by atoms with Crippen LogP contribution in [0.2, 0.25) is 0 Å². The number of nitriles is 1. The van der Waals surface area contributed by atoms with Crippen molar-refractivity contribution in [1.82, 2.24) is 0 Å². The summed E-state index contributed by atoms with van der Waals surface area (Å²) in [6.45, 7) is 6.18. The minimum absolute atomic E-state index is 0.294. The predicted molar refractivity (Wildman–Crippen MR) is 56.6 cm³/mol. The van der Waals surface area contributed by atoms with Crippen LogP contribution in [-0.2, 0) is 9.05 Å². The average molecular weight is 218 g/mol. The Labute approximate surface area is 85.7 Å². The molecule has 0 fully saturated rings. The summed E-state index contributed by atoms with van der Waals surface area (Å²) in [5.74, 6) is 0. The number of hydrogen-bond acceptors (Lipinski definition) is 4. The summed E-state index contributed by atoms with van der Waals surface area (Å²) in [5.41, 5.74) is 0.769. The molecule has 0 unspecified atom stereocenters. The van der Waals surface area contributed by atoms with Crippen molar-refractivity contribution in [3.63, 3.8) is 0 Å². The molecule has 1 N–H and O–H groups in total. The summed E-state index contributed by atoms with van der Waals surface area (Å²) in [4.78, 5) is 9.92. The van der Waals surface area contributed by atoms with Gasteiger partial charge in [-0.15, -0.1) is 0 Å². The smallest absolute Gasteiger partial charge is 0.193 e. The zero-order chi connectivity index (χ0) is 11.0. The summed E-state index contributed by atoms with van der Waals surface area (Å²) < 4.78 is 10.4. The highest BCUT2D eigenvalue weighted by atomic mass is 31.2. The number of nitrogens with zero attached hydrogens (tertiary/aromatic N) is 1. The van der Waals surface area contributed by atoms with Crippen LogP contribution in [0.3, 0.4) is 0 Å². The topological polar surface area (TPSA) is 62.5 Å². The Kier molecular flexibility index (Phi) is 6.69. The molecule has 0 aromatic carbocycles. The fourth-order valence-corrected chi connectivity index (χ4v) is 2.79. The summed E-state index contributed by atoms with van der Waals surface area (Å²) in [6, 6.07) is 1.91. The van der Waals surface area contributed by atoms with E-state index in [4.69, 9.17) is 14.3 Å². The van der Waals surface area contributed by atoms with Crippen LogP contribution in [-0.4, -0.2) is 24.3 Å². The van der Waals surface area contributed by atoms with Crippen molar-refractivity contribution in [1.29, 1.82) is 5.26 Å². The SMILES string of the molecule is CCO[P+](O)(C/C(C)=C/C#N)OCC. The summed E-state index contributed by atoms with van der Waals surface area (Å²) >= 11 is 0. The number of hydrogen-bond donors (Lipinski definition) is 1. The van der Waals surface area contributed by atoms with E-state index in [-0.39, 0.29) is 0 Å². The molecule has 0 heterocycles. The van der Waals surface area contributed by atoms with E-state index in [0.717, 1.165) is 5.57 Å². The van der Waals surface area contributed by atoms with E-state index in [1.54, 1.807) is 20.8 Å². The van der Waals surface area contributed by atoms with Crippen molar-refractivity contribution in [3.8, 4) is 6.07 Å². The Morgan fingerprint density at radius 3 is 2.29 bits per heavy atom. The van der Waals surface area contributed by atoms with Crippen LogP contribution in [0.25, 0.3) is 0 Å². The second-order valence-corrected chi connectivity index (χ2v) is 4.86. The molecule has 80 valence electrons. The fourth-order valence-electron chi connectivity index (χ4n) is 1.00. The van der Waals surface area contributed by atoms with Gasteiger partial charge in [-0.3, -0.25) is 0 Å². The van der Waals surface area contributed by atoms with Crippen LogP contribution in [0, 0.1) is 11.3 Å².